The molecule has 2 rings (SSSR count). The van der Waals surface area contributed by atoms with Crippen LogP contribution < -0.4 is 11.5 Å². The molecule has 0 saturated carbocycles. The Hall–Kier alpha value is -2.96. The Bertz CT molecular complexity index is 968. The van der Waals surface area contributed by atoms with Gasteiger partial charge in [0.2, 0.25) is 11.8 Å². The zero-order valence-corrected chi connectivity index (χ0v) is 19.5. The number of amides is 2. The smallest absolute Gasteiger partial charge is 0.384 e. The fourth-order valence-corrected chi connectivity index (χ4v) is 3.84. The molecule has 0 aliphatic carbocycles. The standard InChI is InChI=1S/C22H29F6N5O2/c1-3-19(34)33(4-2)21(30)18-11-31(5-6-32(18)12-22(26,27)28)20(35)9-14(29)7-13-8-16(24)17(25)10-15(13)23/h8,10,14H,3-7,9,11-12,29-30H2,1-2H3/b21-18+. The Morgan fingerprint density at radius 1 is 1.09 bits per heavy atom. The van der Waals surface area contributed by atoms with Gasteiger partial charge in [-0.15, -0.1) is 0 Å². The minimum Gasteiger partial charge on any atom is -0.384 e. The third-order valence-electron chi connectivity index (χ3n) is 5.60. The molecule has 1 fully saturated rings. The van der Waals surface area contributed by atoms with Crippen molar-refractivity contribution in [1.82, 2.24) is 14.7 Å². The molecular formula is C22H29F6N5O2. The van der Waals surface area contributed by atoms with E-state index in [0.717, 1.165) is 9.80 Å². The summed E-state index contributed by atoms with van der Waals surface area (Å²) in [7, 11) is 0. The summed E-state index contributed by atoms with van der Waals surface area (Å²) in [4.78, 5) is 28.4. The minimum atomic E-state index is -4.54. The lowest BCUT2D eigenvalue weighted by Crippen LogP contribution is -2.52. The summed E-state index contributed by atoms with van der Waals surface area (Å²) in [5.74, 6) is -4.72. The number of halogens is 6. The second-order valence-corrected chi connectivity index (χ2v) is 8.20. The molecule has 0 bridgehead atoms. The fourth-order valence-electron chi connectivity index (χ4n) is 3.84. The van der Waals surface area contributed by atoms with Crippen molar-refractivity contribution < 1.29 is 35.9 Å². The molecule has 4 N–H and O–H groups in total. The lowest BCUT2D eigenvalue weighted by molar-refractivity contribution is -0.147. The van der Waals surface area contributed by atoms with Gasteiger partial charge in [0.15, 0.2) is 11.6 Å². The van der Waals surface area contributed by atoms with Crippen LogP contribution in [-0.2, 0) is 16.0 Å². The number of rotatable bonds is 8. The van der Waals surface area contributed by atoms with Crippen LogP contribution in [0.5, 0.6) is 0 Å². The molecule has 7 nitrogen and oxygen atoms in total. The van der Waals surface area contributed by atoms with Gasteiger partial charge in [-0.25, -0.2) is 13.2 Å². The summed E-state index contributed by atoms with van der Waals surface area (Å²) >= 11 is 0. The molecule has 1 unspecified atom stereocenters. The van der Waals surface area contributed by atoms with Gasteiger partial charge in [-0.1, -0.05) is 6.92 Å². The summed E-state index contributed by atoms with van der Waals surface area (Å²) in [5, 5.41) is 0. The van der Waals surface area contributed by atoms with Crippen LogP contribution in [0.4, 0.5) is 26.3 Å². The molecule has 1 saturated heterocycles. The van der Waals surface area contributed by atoms with Crippen LogP contribution in [0.1, 0.15) is 32.3 Å². The number of hydrogen-bond acceptors (Lipinski definition) is 5. The molecule has 1 aliphatic rings. The average Bonchev–Trinajstić information content (AvgIpc) is 2.76. The lowest BCUT2D eigenvalue weighted by atomic mass is 10.0. The van der Waals surface area contributed by atoms with Gasteiger partial charge in [-0.2, -0.15) is 13.2 Å². The van der Waals surface area contributed by atoms with Crippen LogP contribution in [0.25, 0.3) is 0 Å². The molecule has 0 spiro atoms. The van der Waals surface area contributed by atoms with E-state index in [4.69, 9.17) is 11.5 Å². The molecule has 0 radical (unpaired) electrons. The first-order valence-electron chi connectivity index (χ1n) is 11.0. The third kappa shape index (κ3) is 7.51. The van der Waals surface area contributed by atoms with E-state index in [2.05, 4.69) is 0 Å². The zero-order chi connectivity index (χ0) is 26.5. The number of benzene rings is 1. The van der Waals surface area contributed by atoms with E-state index in [9.17, 15) is 35.9 Å². The van der Waals surface area contributed by atoms with Crippen LogP contribution in [0.15, 0.2) is 23.7 Å². The van der Waals surface area contributed by atoms with Gasteiger partial charge in [-0.3, -0.25) is 14.5 Å². The quantitative estimate of drug-likeness (QED) is 0.415. The van der Waals surface area contributed by atoms with Gasteiger partial charge in [0, 0.05) is 44.6 Å². The SMILES string of the molecule is CCC(=O)N(CC)/C(N)=C1\CN(C(=O)CC(N)Cc2cc(F)c(F)cc2F)CCN1CC(F)(F)F. The highest BCUT2D eigenvalue weighted by molar-refractivity contribution is 5.78. The highest BCUT2D eigenvalue weighted by Crippen LogP contribution is 2.25. The van der Waals surface area contributed by atoms with Crippen molar-refractivity contribution >= 4 is 11.8 Å². The lowest BCUT2D eigenvalue weighted by Gasteiger charge is -2.40. The highest BCUT2D eigenvalue weighted by Gasteiger charge is 2.36. The largest absolute Gasteiger partial charge is 0.405 e. The van der Waals surface area contributed by atoms with Crippen molar-refractivity contribution in [2.45, 2.75) is 45.3 Å². The van der Waals surface area contributed by atoms with E-state index in [1.165, 1.54) is 4.90 Å². The van der Waals surface area contributed by atoms with Crippen molar-refractivity contribution in [3.8, 4) is 0 Å². The van der Waals surface area contributed by atoms with Gasteiger partial charge in [0.1, 0.15) is 18.2 Å². The van der Waals surface area contributed by atoms with Crippen LogP contribution in [0, 0.1) is 17.5 Å². The van der Waals surface area contributed by atoms with E-state index in [1.54, 1.807) is 13.8 Å². The normalized spacial score (nSPS) is 16.8. The summed E-state index contributed by atoms with van der Waals surface area (Å²) in [6, 6.07) is 0.0839. The van der Waals surface area contributed by atoms with Gasteiger partial charge in [0.25, 0.3) is 0 Å². The van der Waals surface area contributed by atoms with E-state index < -0.39 is 42.1 Å². The van der Waals surface area contributed by atoms with Crippen molar-refractivity contribution in [1.29, 1.82) is 0 Å². The number of nitrogens with two attached hydrogens (primary N) is 2. The van der Waals surface area contributed by atoms with E-state index in [1.807, 2.05) is 0 Å². The first kappa shape index (κ1) is 28.3. The average molecular weight is 509 g/mol. The summed E-state index contributed by atoms with van der Waals surface area (Å²) in [5.41, 5.74) is 11.8. The predicted octanol–water partition coefficient (Wildman–Crippen LogP) is 2.46. The van der Waals surface area contributed by atoms with Crippen molar-refractivity contribution in [2.75, 3.05) is 32.7 Å². The zero-order valence-electron chi connectivity index (χ0n) is 19.5. The minimum absolute atomic E-state index is 0.0224. The Balaban J connectivity index is 2.20. The fraction of sp³-hybridized carbons (Fsp3) is 0.545. The molecule has 13 heteroatoms. The second kappa shape index (κ2) is 11.6. The maximum absolute atomic E-state index is 13.9. The number of carbonyl (C=O) groups excluding carboxylic acids is 2. The Labute approximate surface area is 199 Å². The van der Waals surface area contributed by atoms with Crippen LogP contribution >= 0.6 is 0 Å². The van der Waals surface area contributed by atoms with Crippen molar-refractivity contribution in [3.63, 3.8) is 0 Å². The maximum atomic E-state index is 13.9. The number of alkyl halides is 3. The highest BCUT2D eigenvalue weighted by atomic mass is 19.4. The molecule has 1 aromatic rings. The van der Waals surface area contributed by atoms with E-state index in [0.29, 0.717) is 12.1 Å². The van der Waals surface area contributed by atoms with Gasteiger partial charge >= 0.3 is 6.18 Å². The number of nitrogens with zero attached hydrogens (tertiary/aromatic N) is 3. The predicted molar refractivity (Wildman–Crippen MR) is 116 cm³/mol. The summed E-state index contributed by atoms with van der Waals surface area (Å²) in [6.07, 6.45) is -5.04. The Kier molecular flexibility index (Phi) is 9.41. The van der Waals surface area contributed by atoms with Crippen LogP contribution in [0.3, 0.4) is 0 Å². The van der Waals surface area contributed by atoms with Crippen LogP contribution in [-0.4, -0.2) is 71.5 Å². The third-order valence-corrected chi connectivity index (χ3v) is 5.60. The van der Waals surface area contributed by atoms with E-state index >= 15 is 0 Å². The number of carbonyl (C=O) groups is 2. The van der Waals surface area contributed by atoms with Crippen LogP contribution in [0.2, 0.25) is 0 Å². The van der Waals surface area contributed by atoms with E-state index in [-0.39, 0.29) is 68.4 Å². The van der Waals surface area contributed by atoms with Gasteiger partial charge < -0.3 is 21.3 Å². The van der Waals surface area contributed by atoms with Gasteiger partial charge in [0.05, 0.1) is 12.2 Å². The molecule has 0 aromatic heterocycles. The number of hydrogen-bond donors (Lipinski definition) is 2. The number of piperazine rings is 1. The Morgan fingerprint density at radius 3 is 2.29 bits per heavy atom. The molecule has 2 amide bonds. The summed E-state index contributed by atoms with van der Waals surface area (Å²) in [6.45, 7) is 1.48. The maximum Gasteiger partial charge on any atom is 0.405 e. The molecule has 1 atom stereocenters. The summed E-state index contributed by atoms with van der Waals surface area (Å²) < 4.78 is 79.9. The van der Waals surface area contributed by atoms with Gasteiger partial charge in [-0.05, 0) is 25.0 Å². The monoisotopic (exact) mass is 509 g/mol. The molecule has 35 heavy (non-hydrogen) atoms. The van der Waals surface area contributed by atoms with Crippen molar-refractivity contribution in [2.24, 2.45) is 11.5 Å². The topological polar surface area (TPSA) is 95.9 Å². The second-order valence-electron chi connectivity index (χ2n) is 8.20. The molecule has 196 valence electrons. The van der Waals surface area contributed by atoms with Crippen molar-refractivity contribution in [3.05, 3.63) is 46.7 Å². The molecule has 1 aliphatic heterocycles. The molecular weight excluding hydrogens is 480 g/mol. The first-order chi connectivity index (χ1) is 16.3. The molecule has 1 heterocycles. The molecule has 1 aromatic carbocycles. The Morgan fingerprint density at radius 2 is 1.71 bits per heavy atom. The first-order valence-corrected chi connectivity index (χ1v) is 11.0.